The lowest BCUT2D eigenvalue weighted by Crippen LogP contribution is -2.63. The van der Waals surface area contributed by atoms with E-state index in [0.717, 1.165) is 25.7 Å². The third-order valence-electron chi connectivity index (χ3n) is 13.2. The highest BCUT2D eigenvalue weighted by molar-refractivity contribution is 5.14. The highest BCUT2D eigenvalue weighted by Crippen LogP contribution is 2.68. The first-order chi connectivity index (χ1) is 20.0. The van der Waals surface area contributed by atoms with Crippen LogP contribution in [-0.4, -0.2) is 108 Å². The van der Waals surface area contributed by atoms with Gasteiger partial charge in [-0.15, -0.1) is 0 Å². The summed E-state index contributed by atoms with van der Waals surface area (Å²) in [7, 11) is 0. The molecule has 8 N–H and O–H groups in total. The molecule has 250 valence electrons. The molecular formula is C33H58O10. The van der Waals surface area contributed by atoms with Gasteiger partial charge in [0.2, 0.25) is 0 Å². The van der Waals surface area contributed by atoms with Crippen molar-refractivity contribution >= 4 is 0 Å². The van der Waals surface area contributed by atoms with E-state index >= 15 is 0 Å². The van der Waals surface area contributed by atoms with Crippen molar-refractivity contribution in [2.75, 3.05) is 6.61 Å². The summed E-state index contributed by atoms with van der Waals surface area (Å²) < 4.78 is 12.2. The summed E-state index contributed by atoms with van der Waals surface area (Å²) in [6.45, 7) is 9.57. The quantitative estimate of drug-likeness (QED) is 0.199. The summed E-state index contributed by atoms with van der Waals surface area (Å²) in [5.74, 6) is 0.900. The lowest BCUT2D eigenvalue weighted by molar-refractivity contribution is -0.333. The maximum absolute atomic E-state index is 11.5. The minimum Gasteiger partial charge on any atom is -0.394 e. The van der Waals surface area contributed by atoms with Gasteiger partial charge in [-0.25, -0.2) is 0 Å². The molecule has 10 heteroatoms. The van der Waals surface area contributed by atoms with Gasteiger partial charge >= 0.3 is 0 Å². The Bertz CT molecular complexity index is 956. The van der Waals surface area contributed by atoms with Crippen molar-refractivity contribution in [1.29, 1.82) is 0 Å². The minimum atomic E-state index is -1.53. The molecule has 5 fully saturated rings. The number of aliphatic hydroxyl groups excluding tert-OH is 7. The molecule has 5 rings (SSSR count). The van der Waals surface area contributed by atoms with E-state index in [4.69, 9.17) is 9.47 Å². The fourth-order valence-electron chi connectivity index (χ4n) is 10.8. The molecular weight excluding hydrogens is 556 g/mol. The molecule has 4 saturated carbocycles. The number of rotatable bonds is 8. The third-order valence-corrected chi connectivity index (χ3v) is 13.2. The molecule has 0 spiro atoms. The van der Waals surface area contributed by atoms with Crippen LogP contribution in [0.1, 0.15) is 92.4 Å². The van der Waals surface area contributed by atoms with Crippen molar-refractivity contribution in [1.82, 2.24) is 0 Å². The molecule has 0 unspecified atom stereocenters. The van der Waals surface area contributed by atoms with Gasteiger partial charge in [0.25, 0.3) is 0 Å². The number of aliphatic hydroxyl groups is 8. The van der Waals surface area contributed by atoms with E-state index in [1.54, 1.807) is 13.8 Å². The number of ether oxygens (including phenoxy) is 2. The zero-order valence-corrected chi connectivity index (χ0v) is 26.6. The Morgan fingerprint density at radius 3 is 2.28 bits per heavy atom. The van der Waals surface area contributed by atoms with Gasteiger partial charge in [-0.05, 0) is 112 Å². The molecule has 0 amide bonds. The molecule has 0 radical (unpaired) electrons. The van der Waals surface area contributed by atoms with Crippen molar-refractivity contribution in [2.45, 2.75) is 153 Å². The van der Waals surface area contributed by atoms with Gasteiger partial charge in [0.15, 0.2) is 6.29 Å². The van der Waals surface area contributed by atoms with Crippen LogP contribution in [0.15, 0.2) is 0 Å². The maximum Gasteiger partial charge on any atom is 0.186 e. The lowest BCUT2D eigenvalue weighted by atomic mass is 9.43. The average molecular weight is 615 g/mol. The summed E-state index contributed by atoms with van der Waals surface area (Å²) >= 11 is 0. The largest absolute Gasteiger partial charge is 0.394 e. The monoisotopic (exact) mass is 614 g/mol. The van der Waals surface area contributed by atoms with Crippen molar-refractivity contribution in [3.8, 4) is 0 Å². The zero-order chi connectivity index (χ0) is 31.6. The van der Waals surface area contributed by atoms with Gasteiger partial charge in [-0.2, -0.15) is 0 Å². The molecule has 0 bridgehead atoms. The molecule has 1 saturated heterocycles. The van der Waals surface area contributed by atoms with Gasteiger partial charge in [-0.1, -0.05) is 20.8 Å². The smallest absolute Gasteiger partial charge is 0.186 e. The molecule has 0 aromatic carbocycles. The molecule has 4 aliphatic carbocycles. The Morgan fingerprint density at radius 2 is 1.63 bits per heavy atom. The highest BCUT2D eigenvalue weighted by Gasteiger charge is 2.65. The summed E-state index contributed by atoms with van der Waals surface area (Å²) in [6, 6.07) is 0. The Balaban J connectivity index is 1.37. The molecule has 43 heavy (non-hydrogen) atoms. The van der Waals surface area contributed by atoms with E-state index in [1.165, 1.54) is 0 Å². The number of fused-ring (bicyclic) bond motifs is 5. The van der Waals surface area contributed by atoms with Crippen LogP contribution in [0.5, 0.6) is 0 Å². The zero-order valence-electron chi connectivity index (χ0n) is 26.6. The highest BCUT2D eigenvalue weighted by atomic mass is 16.7. The van der Waals surface area contributed by atoms with Crippen LogP contribution in [0.25, 0.3) is 0 Å². The Morgan fingerprint density at radius 1 is 0.930 bits per heavy atom. The van der Waals surface area contributed by atoms with Crippen molar-refractivity contribution in [3.63, 3.8) is 0 Å². The third kappa shape index (κ3) is 5.96. The van der Waals surface area contributed by atoms with Gasteiger partial charge in [0.05, 0.1) is 36.6 Å². The summed E-state index contributed by atoms with van der Waals surface area (Å²) in [5.41, 5.74) is -1.33. The van der Waals surface area contributed by atoms with E-state index < -0.39 is 67.3 Å². The van der Waals surface area contributed by atoms with Crippen LogP contribution >= 0.6 is 0 Å². The fraction of sp³-hybridized carbons (Fsp3) is 1.00. The van der Waals surface area contributed by atoms with Crippen LogP contribution in [0.4, 0.5) is 0 Å². The van der Waals surface area contributed by atoms with Crippen LogP contribution < -0.4 is 0 Å². The van der Waals surface area contributed by atoms with Gasteiger partial charge in [-0.3, -0.25) is 0 Å². The first kappa shape index (κ1) is 33.9. The molecule has 1 aliphatic heterocycles. The first-order valence-electron chi connectivity index (χ1n) is 16.8. The van der Waals surface area contributed by atoms with Crippen molar-refractivity contribution < 1.29 is 50.3 Å². The molecule has 1 heterocycles. The standard InChI is InChI=1S/C33H58O10/c1-16(22(36)9-10-31(2,3)41)26-23(37)14-21-19-7-6-17-12-18(35)13-25(33(17,5)20(19)8-11-32(21,26)4)43-30-29(40)28(39)27(38)24(15-34)42-30/h16-30,34-41H,6-15H2,1-5H3/t16-,17+,18-,19-,20+,21+,22+,23+,24-,25-,26+,27-,28+,29-,30+,32+,33+/m1/s1. The summed E-state index contributed by atoms with van der Waals surface area (Å²) in [5, 5.41) is 84.9. The maximum atomic E-state index is 11.5. The van der Waals surface area contributed by atoms with Gasteiger partial charge in [0, 0.05) is 6.42 Å². The normalized spacial score (nSPS) is 51.7. The van der Waals surface area contributed by atoms with E-state index in [-0.39, 0.29) is 40.4 Å². The second-order valence-corrected chi connectivity index (χ2v) is 16.1. The summed E-state index contributed by atoms with van der Waals surface area (Å²) in [6.07, 6.45) is -2.51. The molecule has 0 aromatic rings. The Kier molecular flexibility index (Phi) is 9.73. The topological polar surface area (TPSA) is 180 Å². The molecule has 5 aliphatic rings. The van der Waals surface area contributed by atoms with Crippen LogP contribution in [0.2, 0.25) is 0 Å². The number of hydrogen-bond acceptors (Lipinski definition) is 10. The van der Waals surface area contributed by atoms with E-state index in [2.05, 4.69) is 13.8 Å². The van der Waals surface area contributed by atoms with Gasteiger partial charge < -0.3 is 50.3 Å². The SMILES string of the molecule is C[C@@H]([C@H]1[C@@H](O)C[C@H]2[C@@H]3CC[C@H]4C[C@@H](O)C[C@@H](O[C@@H]5O[C@H](CO)[C@@H](O)[C@H](O)[C@H]5O)[C@]4(C)[C@H]3CC[C@]12C)[C@@H](O)CCC(C)(C)O. The first-order valence-corrected chi connectivity index (χ1v) is 16.8. The second-order valence-electron chi connectivity index (χ2n) is 16.1. The lowest BCUT2D eigenvalue weighted by Gasteiger charge is -2.63. The average Bonchev–Trinajstić information content (AvgIpc) is 3.21. The fourth-order valence-corrected chi connectivity index (χ4v) is 10.8. The van der Waals surface area contributed by atoms with Crippen molar-refractivity contribution in [3.05, 3.63) is 0 Å². The van der Waals surface area contributed by atoms with E-state index in [1.807, 2.05) is 6.92 Å². The predicted octanol–water partition coefficient (Wildman–Crippen LogP) is 1.32. The van der Waals surface area contributed by atoms with Crippen molar-refractivity contribution in [2.24, 2.45) is 46.3 Å². The molecule has 10 nitrogen and oxygen atoms in total. The van der Waals surface area contributed by atoms with Crippen LogP contribution in [-0.2, 0) is 9.47 Å². The predicted molar refractivity (Wildman–Crippen MR) is 157 cm³/mol. The summed E-state index contributed by atoms with van der Waals surface area (Å²) in [4.78, 5) is 0. The molecule has 17 atom stereocenters. The number of hydrogen-bond donors (Lipinski definition) is 8. The van der Waals surface area contributed by atoms with E-state index in [9.17, 15) is 40.9 Å². The van der Waals surface area contributed by atoms with E-state index in [0.29, 0.717) is 38.0 Å². The Labute approximate surface area is 256 Å². The van der Waals surface area contributed by atoms with Crippen LogP contribution in [0.3, 0.4) is 0 Å². The molecule has 0 aromatic heterocycles. The second kappa shape index (κ2) is 12.3. The minimum absolute atomic E-state index is 0.0462. The Hall–Kier alpha value is -0.400. The van der Waals surface area contributed by atoms with Crippen LogP contribution in [0, 0.1) is 46.3 Å². The van der Waals surface area contributed by atoms with Gasteiger partial charge in [0.1, 0.15) is 24.4 Å².